The second kappa shape index (κ2) is 5.37. The van der Waals surface area contributed by atoms with Gasteiger partial charge in [0.25, 0.3) is 0 Å². The number of hydrogen-bond acceptors (Lipinski definition) is 4. The lowest BCUT2D eigenvalue weighted by atomic mass is 10.1. The molecule has 0 amide bonds. The van der Waals surface area contributed by atoms with E-state index in [2.05, 4.69) is 23.7 Å². The number of allylic oxidation sites excluding steroid dienone is 2. The molecule has 0 N–H and O–H groups in total. The van der Waals surface area contributed by atoms with Crippen molar-refractivity contribution in [3.8, 4) is 23.7 Å². The van der Waals surface area contributed by atoms with Crippen molar-refractivity contribution in [2.45, 2.75) is 25.7 Å². The van der Waals surface area contributed by atoms with Gasteiger partial charge in [-0.2, -0.15) is 0 Å². The average Bonchev–Trinajstić information content (AvgIpc) is 2.94. The summed E-state index contributed by atoms with van der Waals surface area (Å²) < 4.78 is 16.2. The summed E-state index contributed by atoms with van der Waals surface area (Å²) in [6.07, 6.45) is 7.48. The maximum atomic E-state index is 11.0. The van der Waals surface area contributed by atoms with Gasteiger partial charge in [0, 0.05) is 19.1 Å². The van der Waals surface area contributed by atoms with Crippen LogP contribution in [0.25, 0.3) is 0 Å². The number of hydrogen-bond donors (Lipinski definition) is 0. The molecule has 0 fully saturated rings. The Morgan fingerprint density at radius 2 is 2.37 bits per heavy atom. The van der Waals surface area contributed by atoms with Gasteiger partial charge >= 0.3 is 11.8 Å². The van der Waals surface area contributed by atoms with Crippen molar-refractivity contribution in [3.63, 3.8) is 0 Å². The fourth-order valence-electron chi connectivity index (χ4n) is 1.67. The van der Waals surface area contributed by atoms with Crippen molar-refractivity contribution in [3.05, 3.63) is 36.3 Å². The van der Waals surface area contributed by atoms with Crippen LogP contribution in [0.5, 0.6) is 0 Å². The van der Waals surface area contributed by atoms with Gasteiger partial charge in [-0.1, -0.05) is 11.8 Å². The Bertz CT molecular complexity index is 589. The zero-order valence-corrected chi connectivity index (χ0v) is 10.6. The third-order valence-corrected chi connectivity index (χ3v) is 2.43. The van der Waals surface area contributed by atoms with E-state index < -0.39 is 17.9 Å². The fourth-order valence-corrected chi connectivity index (χ4v) is 1.67. The molecular formula is C15H12O4. The van der Waals surface area contributed by atoms with Crippen molar-refractivity contribution in [2.75, 3.05) is 0 Å². The van der Waals surface area contributed by atoms with Crippen molar-refractivity contribution >= 4 is 5.97 Å². The highest BCUT2D eigenvalue weighted by molar-refractivity contribution is 5.66. The van der Waals surface area contributed by atoms with Gasteiger partial charge in [0.15, 0.2) is 0 Å². The van der Waals surface area contributed by atoms with Gasteiger partial charge < -0.3 is 14.2 Å². The van der Waals surface area contributed by atoms with Gasteiger partial charge in [-0.15, -0.1) is 0 Å². The summed E-state index contributed by atoms with van der Waals surface area (Å²) in [5.41, 5.74) is 0. The molecule has 0 aromatic heterocycles. The van der Waals surface area contributed by atoms with E-state index in [0.717, 1.165) is 0 Å². The molecule has 1 spiro atoms. The van der Waals surface area contributed by atoms with Crippen LogP contribution >= 0.6 is 0 Å². The van der Waals surface area contributed by atoms with E-state index >= 15 is 0 Å². The number of ether oxygens (including phenoxy) is 3. The normalized spacial score (nSPS) is 28.1. The SMILES string of the molecule is CC#CC#C/C=C1\C=C[C@]2(OC=C[C@@H]2OC(C)=O)O1. The van der Waals surface area contributed by atoms with Gasteiger partial charge in [0.1, 0.15) is 5.76 Å². The number of carbonyl (C=O) groups excluding carboxylic acids is 1. The molecule has 2 aliphatic rings. The second-order valence-electron chi connectivity index (χ2n) is 3.82. The van der Waals surface area contributed by atoms with Gasteiger partial charge in [-0.25, -0.2) is 0 Å². The third-order valence-electron chi connectivity index (χ3n) is 2.43. The van der Waals surface area contributed by atoms with E-state index in [0.29, 0.717) is 5.76 Å². The van der Waals surface area contributed by atoms with E-state index in [4.69, 9.17) is 14.2 Å². The monoisotopic (exact) mass is 256 g/mol. The maximum absolute atomic E-state index is 11.0. The molecule has 0 unspecified atom stereocenters. The standard InChI is InChI=1S/C15H12O4/c1-3-4-5-6-7-13-8-10-15(19-13)14(9-11-17-15)18-12(2)16/h7-11,14H,1-2H3/b13-7+/t14-,15-/m0/s1. The van der Waals surface area contributed by atoms with Gasteiger partial charge in [-0.3, -0.25) is 4.79 Å². The lowest BCUT2D eigenvalue weighted by Crippen LogP contribution is -2.40. The summed E-state index contributed by atoms with van der Waals surface area (Å²) in [5, 5.41) is 0. The Morgan fingerprint density at radius 3 is 3.11 bits per heavy atom. The van der Waals surface area contributed by atoms with Crippen molar-refractivity contribution < 1.29 is 19.0 Å². The van der Waals surface area contributed by atoms with Gasteiger partial charge in [-0.05, 0) is 30.9 Å². The maximum Gasteiger partial charge on any atom is 0.312 e. The molecule has 2 atom stereocenters. The van der Waals surface area contributed by atoms with E-state index in [-0.39, 0.29) is 0 Å². The molecule has 4 heteroatoms. The van der Waals surface area contributed by atoms with Crippen LogP contribution < -0.4 is 0 Å². The summed E-state index contributed by atoms with van der Waals surface area (Å²) in [6, 6.07) is 0. The number of carbonyl (C=O) groups is 1. The first-order chi connectivity index (χ1) is 9.16. The van der Waals surface area contributed by atoms with Crippen LogP contribution in [0.15, 0.2) is 36.3 Å². The molecule has 4 nitrogen and oxygen atoms in total. The van der Waals surface area contributed by atoms with Gasteiger partial charge in [0.2, 0.25) is 6.10 Å². The minimum atomic E-state index is -1.10. The molecule has 0 aromatic rings. The Morgan fingerprint density at radius 1 is 1.53 bits per heavy atom. The number of esters is 1. The summed E-state index contributed by atoms with van der Waals surface area (Å²) in [4.78, 5) is 11.0. The molecule has 0 radical (unpaired) electrons. The van der Waals surface area contributed by atoms with Crippen molar-refractivity contribution in [1.82, 2.24) is 0 Å². The van der Waals surface area contributed by atoms with Gasteiger partial charge in [0.05, 0.1) is 6.26 Å². The zero-order chi connectivity index (χ0) is 13.7. The van der Waals surface area contributed by atoms with Crippen LogP contribution in [-0.4, -0.2) is 17.9 Å². The highest BCUT2D eigenvalue weighted by Crippen LogP contribution is 2.36. The van der Waals surface area contributed by atoms with Crippen molar-refractivity contribution in [1.29, 1.82) is 0 Å². The lowest BCUT2D eigenvalue weighted by Gasteiger charge is -2.27. The Balaban J connectivity index is 2.09. The predicted molar refractivity (Wildman–Crippen MR) is 68.0 cm³/mol. The first-order valence-corrected chi connectivity index (χ1v) is 5.69. The fraction of sp³-hybridized carbons (Fsp3) is 0.267. The first kappa shape index (κ1) is 12.9. The molecule has 2 rings (SSSR count). The minimum absolute atomic E-state index is 0.396. The lowest BCUT2D eigenvalue weighted by molar-refractivity contribution is -0.189. The summed E-state index contributed by atoms with van der Waals surface area (Å²) >= 11 is 0. The second-order valence-corrected chi connectivity index (χ2v) is 3.82. The summed E-state index contributed by atoms with van der Waals surface area (Å²) in [5.74, 6) is 9.71. The van der Waals surface area contributed by atoms with Crippen LogP contribution in [0.1, 0.15) is 13.8 Å². The summed E-state index contributed by atoms with van der Waals surface area (Å²) in [6.45, 7) is 3.05. The van der Waals surface area contributed by atoms with Crippen LogP contribution in [0.3, 0.4) is 0 Å². The average molecular weight is 256 g/mol. The van der Waals surface area contributed by atoms with Crippen molar-refractivity contribution in [2.24, 2.45) is 0 Å². The smallest absolute Gasteiger partial charge is 0.312 e. The van der Waals surface area contributed by atoms with E-state index in [1.54, 1.807) is 31.2 Å². The zero-order valence-electron chi connectivity index (χ0n) is 10.6. The van der Waals surface area contributed by atoms with E-state index in [1.165, 1.54) is 13.2 Å². The van der Waals surface area contributed by atoms with Crippen LogP contribution in [-0.2, 0) is 19.0 Å². The molecular weight excluding hydrogens is 244 g/mol. The highest BCUT2D eigenvalue weighted by Gasteiger charge is 2.48. The summed E-state index contributed by atoms with van der Waals surface area (Å²) in [7, 11) is 0. The molecule has 0 aliphatic carbocycles. The molecule has 0 bridgehead atoms. The third kappa shape index (κ3) is 2.81. The molecule has 0 aromatic carbocycles. The topological polar surface area (TPSA) is 44.8 Å². The molecule has 2 heterocycles. The van der Waals surface area contributed by atoms with E-state index in [9.17, 15) is 4.79 Å². The van der Waals surface area contributed by atoms with E-state index in [1.807, 2.05) is 0 Å². The molecule has 19 heavy (non-hydrogen) atoms. The Labute approximate surface area is 111 Å². The highest BCUT2D eigenvalue weighted by atomic mass is 16.7. The minimum Gasteiger partial charge on any atom is -0.453 e. The number of rotatable bonds is 1. The Kier molecular flexibility index (Phi) is 3.63. The van der Waals surface area contributed by atoms with Crippen LogP contribution in [0.4, 0.5) is 0 Å². The predicted octanol–water partition coefficient (Wildman–Crippen LogP) is 1.66. The molecule has 0 saturated carbocycles. The quantitative estimate of drug-likeness (QED) is 0.528. The van der Waals surface area contributed by atoms with Crippen LogP contribution in [0, 0.1) is 23.7 Å². The molecule has 0 saturated heterocycles. The Hall–Kier alpha value is -2.59. The first-order valence-electron chi connectivity index (χ1n) is 5.69. The largest absolute Gasteiger partial charge is 0.453 e. The molecule has 96 valence electrons. The van der Waals surface area contributed by atoms with Crippen LogP contribution in [0.2, 0.25) is 0 Å². The molecule has 2 aliphatic heterocycles.